The van der Waals surface area contributed by atoms with Crippen LogP contribution in [0.1, 0.15) is 16.7 Å². The number of nitrogens with one attached hydrogen (secondary N) is 1. The lowest BCUT2D eigenvalue weighted by molar-refractivity contribution is -0.137. The molecule has 0 fully saturated rings. The molecule has 3 rings (SSSR count). The number of rotatable bonds is 6. The van der Waals surface area contributed by atoms with Crippen molar-refractivity contribution in [1.82, 2.24) is 0 Å². The first kappa shape index (κ1) is 21.3. The minimum atomic E-state index is -4.34. The molecule has 0 aromatic heterocycles. The third-order valence-electron chi connectivity index (χ3n) is 4.12. The summed E-state index contributed by atoms with van der Waals surface area (Å²) in [4.78, 5) is 1.06. The molecule has 152 valence electrons. The fourth-order valence-corrected chi connectivity index (χ4v) is 4.42. The minimum absolute atomic E-state index is 0.184. The van der Waals surface area contributed by atoms with Crippen molar-refractivity contribution in [2.75, 3.05) is 4.72 Å². The summed E-state index contributed by atoms with van der Waals surface area (Å²) in [6.07, 6.45) is -4.34. The van der Waals surface area contributed by atoms with Gasteiger partial charge in [-0.3, -0.25) is 4.72 Å². The van der Waals surface area contributed by atoms with Crippen LogP contribution in [-0.4, -0.2) is 8.42 Å². The van der Waals surface area contributed by atoms with E-state index in [2.05, 4.69) is 4.72 Å². The molecule has 0 saturated heterocycles. The van der Waals surface area contributed by atoms with E-state index in [9.17, 15) is 21.6 Å². The van der Waals surface area contributed by atoms with Crippen molar-refractivity contribution in [3.8, 4) is 0 Å². The van der Waals surface area contributed by atoms with Crippen LogP contribution in [0.5, 0.6) is 0 Å². The maximum absolute atomic E-state index is 12.6. The Balaban J connectivity index is 1.61. The van der Waals surface area contributed by atoms with Gasteiger partial charge in [-0.2, -0.15) is 13.2 Å². The quantitative estimate of drug-likeness (QED) is 0.474. The standard InChI is InChI=1S/C21H18F3NO2S2/c1-15-2-12-20(13-3-15)29(26,27)25-18-8-10-19(11-9-18)28-14-16-4-6-17(7-5-16)21(22,23)24/h2-13,25H,14H2,1H3. The van der Waals surface area contributed by atoms with E-state index in [1.54, 1.807) is 48.5 Å². The van der Waals surface area contributed by atoms with E-state index in [1.165, 1.54) is 23.9 Å². The normalized spacial score (nSPS) is 12.0. The zero-order chi connectivity index (χ0) is 21.1. The summed E-state index contributed by atoms with van der Waals surface area (Å²) in [6.45, 7) is 1.88. The number of hydrogen-bond donors (Lipinski definition) is 1. The van der Waals surface area contributed by atoms with Gasteiger partial charge in [0.15, 0.2) is 0 Å². The second-order valence-corrected chi connectivity index (χ2v) is 9.16. The lowest BCUT2D eigenvalue weighted by Gasteiger charge is -2.10. The maximum Gasteiger partial charge on any atom is 0.416 e. The van der Waals surface area contributed by atoms with Crippen LogP contribution in [0.3, 0.4) is 0 Å². The molecule has 1 N–H and O–H groups in total. The summed E-state index contributed by atoms with van der Waals surface area (Å²) in [5, 5.41) is 0. The van der Waals surface area contributed by atoms with E-state index in [0.717, 1.165) is 28.2 Å². The van der Waals surface area contributed by atoms with Crippen LogP contribution in [0.4, 0.5) is 18.9 Å². The second-order valence-electron chi connectivity index (χ2n) is 6.43. The summed E-state index contributed by atoms with van der Waals surface area (Å²) >= 11 is 1.45. The molecule has 0 unspecified atom stereocenters. The van der Waals surface area contributed by atoms with Gasteiger partial charge in [-0.1, -0.05) is 29.8 Å². The van der Waals surface area contributed by atoms with E-state index in [1.807, 2.05) is 6.92 Å². The predicted molar refractivity (Wildman–Crippen MR) is 109 cm³/mol. The first-order valence-corrected chi connectivity index (χ1v) is 11.1. The number of halogens is 3. The highest BCUT2D eigenvalue weighted by Gasteiger charge is 2.29. The molecule has 8 heteroatoms. The summed E-state index contributed by atoms with van der Waals surface area (Å²) in [5.74, 6) is 0.507. The average Bonchev–Trinajstić information content (AvgIpc) is 2.67. The summed E-state index contributed by atoms with van der Waals surface area (Å²) in [7, 11) is -3.66. The molecule has 3 nitrogen and oxygen atoms in total. The van der Waals surface area contributed by atoms with E-state index in [0.29, 0.717) is 11.4 Å². The first-order chi connectivity index (χ1) is 13.6. The monoisotopic (exact) mass is 437 g/mol. The molecule has 0 heterocycles. The van der Waals surface area contributed by atoms with Crippen LogP contribution in [0.25, 0.3) is 0 Å². The molecule has 0 aliphatic heterocycles. The summed E-state index contributed by atoms with van der Waals surface area (Å²) in [6, 6.07) is 18.5. The lowest BCUT2D eigenvalue weighted by atomic mass is 10.1. The Morgan fingerprint density at radius 3 is 2.00 bits per heavy atom. The third-order valence-corrected chi connectivity index (χ3v) is 6.60. The van der Waals surface area contributed by atoms with Crippen molar-refractivity contribution >= 4 is 27.5 Å². The zero-order valence-electron chi connectivity index (χ0n) is 15.4. The fourth-order valence-electron chi connectivity index (χ4n) is 2.51. The smallest absolute Gasteiger partial charge is 0.280 e. The van der Waals surface area contributed by atoms with E-state index in [-0.39, 0.29) is 4.90 Å². The molecule has 0 saturated carbocycles. The number of sulfonamides is 1. The lowest BCUT2D eigenvalue weighted by Crippen LogP contribution is -2.12. The molecule has 0 amide bonds. The van der Waals surface area contributed by atoms with Crippen LogP contribution in [0.2, 0.25) is 0 Å². The van der Waals surface area contributed by atoms with Gasteiger partial charge in [0.1, 0.15) is 0 Å². The van der Waals surface area contributed by atoms with Crippen molar-refractivity contribution in [1.29, 1.82) is 0 Å². The van der Waals surface area contributed by atoms with Crippen LogP contribution in [0, 0.1) is 6.92 Å². The molecule has 3 aromatic carbocycles. The number of anilines is 1. The molecule has 29 heavy (non-hydrogen) atoms. The Morgan fingerprint density at radius 2 is 1.45 bits per heavy atom. The Morgan fingerprint density at radius 1 is 0.862 bits per heavy atom. The molecular formula is C21H18F3NO2S2. The van der Waals surface area contributed by atoms with Gasteiger partial charge in [0, 0.05) is 16.3 Å². The Bertz CT molecular complexity index is 1060. The molecular weight excluding hydrogens is 419 g/mol. The molecule has 0 spiro atoms. The molecule has 0 aliphatic carbocycles. The summed E-state index contributed by atoms with van der Waals surface area (Å²) in [5.41, 5.74) is 1.51. The molecule has 0 aliphatic rings. The second kappa shape index (κ2) is 8.51. The first-order valence-electron chi connectivity index (χ1n) is 8.62. The minimum Gasteiger partial charge on any atom is -0.280 e. The molecule has 0 radical (unpaired) electrons. The Hall–Kier alpha value is -2.45. The van der Waals surface area contributed by atoms with Gasteiger partial charge in [-0.25, -0.2) is 8.42 Å². The number of benzene rings is 3. The van der Waals surface area contributed by atoms with Crippen LogP contribution >= 0.6 is 11.8 Å². The highest BCUT2D eigenvalue weighted by atomic mass is 32.2. The fraction of sp³-hybridized carbons (Fsp3) is 0.143. The van der Waals surface area contributed by atoms with Gasteiger partial charge < -0.3 is 0 Å². The average molecular weight is 438 g/mol. The molecule has 0 bridgehead atoms. The van der Waals surface area contributed by atoms with Gasteiger partial charge in [0.25, 0.3) is 10.0 Å². The van der Waals surface area contributed by atoms with Crippen LogP contribution in [-0.2, 0) is 22.0 Å². The van der Waals surface area contributed by atoms with Gasteiger partial charge in [-0.15, -0.1) is 11.8 Å². The Labute approximate surface area is 172 Å². The third kappa shape index (κ3) is 5.77. The van der Waals surface area contributed by atoms with Gasteiger partial charge in [-0.05, 0) is 61.0 Å². The van der Waals surface area contributed by atoms with Gasteiger partial charge >= 0.3 is 6.18 Å². The highest BCUT2D eigenvalue weighted by Crippen LogP contribution is 2.30. The largest absolute Gasteiger partial charge is 0.416 e. The molecule has 3 aromatic rings. The Kier molecular flexibility index (Phi) is 6.24. The van der Waals surface area contributed by atoms with Crippen molar-refractivity contribution in [2.24, 2.45) is 0 Å². The topological polar surface area (TPSA) is 46.2 Å². The van der Waals surface area contributed by atoms with Crippen LogP contribution in [0.15, 0.2) is 82.6 Å². The van der Waals surface area contributed by atoms with Crippen molar-refractivity contribution in [3.05, 3.63) is 89.5 Å². The zero-order valence-corrected chi connectivity index (χ0v) is 17.0. The highest BCUT2D eigenvalue weighted by molar-refractivity contribution is 7.98. The van der Waals surface area contributed by atoms with Crippen molar-refractivity contribution in [2.45, 2.75) is 28.6 Å². The van der Waals surface area contributed by atoms with E-state index < -0.39 is 21.8 Å². The van der Waals surface area contributed by atoms with Crippen molar-refractivity contribution < 1.29 is 21.6 Å². The van der Waals surface area contributed by atoms with E-state index in [4.69, 9.17) is 0 Å². The molecule has 0 atom stereocenters. The van der Waals surface area contributed by atoms with Crippen LogP contribution < -0.4 is 4.72 Å². The predicted octanol–water partition coefficient (Wildman–Crippen LogP) is 6.11. The number of aryl methyl sites for hydroxylation is 1. The van der Waals surface area contributed by atoms with E-state index >= 15 is 0 Å². The van der Waals surface area contributed by atoms with Crippen molar-refractivity contribution in [3.63, 3.8) is 0 Å². The maximum atomic E-state index is 12.6. The number of hydrogen-bond acceptors (Lipinski definition) is 3. The SMILES string of the molecule is Cc1ccc(S(=O)(=O)Nc2ccc(SCc3ccc(C(F)(F)F)cc3)cc2)cc1. The van der Waals surface area contributed by atoms with Gasteiger partial charge in [0.05, 0.1) is 10.5 Å². The van der Waals surface area contributed by atoms with Gasteiger partial charge in [0.2, 0.25) is 0 Å². The summed E-state index contributed by atoms with van der Waals surface area (Å²) < 4.78 is 65.1. The number of thioether (sulfide) groups is 1. The number of alkyl halides is 3.